The van der Waals surface area contributed by atoms with E-state index in [1.54, 1.807) is 12.1 Å². The molecule has 1 aromatic carbocycles. The molecule has 0 aliphatic carbocycles. The Kier molecular flexibility index (Phi) is 6.65. The Labute approximate surface area is 121 Å². The Balaban J connectivity index is 2.59. The van der Waals surface area contributed by atoms with E-state index in [1.807, 2.05) is 27.7 Å². The summed E-state index contributed by atoms with van der Waals surface area (Å²) in [6, 6.07) is 6.61. The highest BCUT2D eigenvalue weighted by molar-refractivity contribution is 5.76. The molecule has 20 heavy (non-hydrogen) atoms. The summed E-state index contributed by atoms with van der Waals surface area (Å²) in [5, 5.41) is 6.24. The summed E-state index contributed by atoms with van der Waals surface area (Å²) in [6.45, 7) is 8.85. The number of halogens is 1. The van der Waals surface area contributed by atoms with Crippen LogP contribution in [0.25, 0.3) is 0 Å². The molecule has 0 radical (unpaired) electrons. The van der Waals surface area contributed by atoms with Crippen molar-refractivity contribution in [2.75, 3.05) is 6.54 Å². The smallest absolute Gasteiger partial charge is 0.221 e. The van der Waals surface area contributed by atoms with Gasteiger partial charge in [0.2, 0.25) is 5.91 Å². The quantitative estimate of drug-likeness (QED) is 0.806. The highest BCUT2D eigenvalue weighted by atomic mass is 19.1. The Morgan fingerprint density at radius 2 is 1.75 bits per heavy atom. The molecule has 0 aliphatic heterocycles. The number of amides is 1. The van der Waals surface area contributed by atoms with Crippen LogP contribution in [-0.4, -0.2) is 18.5 Å². The molecule has 1 atom stereocenters. The Morgan fingerprint density at radius 1 is 1.15 bits per heavy atom. The molecule has 0 saturated heterocycles. The number of nitrogens with one attached hydrogen (secondary N) is 2. The average molecular weight is 280 g/mol. The number of carbonyl (C=O) groups excluding carboxylic acids is 1. The first-order chi connectivity index (χ1) is 9.40. The van der Waals surface area contributed by atoms with Gasteiger partial charge in [-0.05, 0) is 23.6 Å². The van der Waals surface area contributed by atoms with E-state index in [2.05, 4.69) is 10.6 Å². The van der Waals surface area contributed by atoms with Gasteiger partial charge in [-0.15, -0.1) is 0 Å². The Morgan fingerprint density at radius 3 is 2.25 bits per heavy atom. The summed E-state index contributed by atoms with van der Waals surface area (Å²) in [5.74, 6) is 0.00682. The van der Waals surface area contributed by atoms with Crippen LogP contribution in [0.2, 0.25) is 0 Å². The maximum Gasteiger partial charge on any atom is 0.221 e. The molecular weight excluding hydrogens is 255 g/mol. The summed E-state index contributed by atoms with van der Waals surface area (Å²) < 4.78 is 13.0. The number of hydrogen-bond donors (Lipinski definition) is 2. The van der Waals surface area contributed by atoms with E-state index in [4.69, 9.17) is 0 Å². The van der Waals surface area contributed by atoms with Gasteiger partial charge in [0.1, 0.15) is 5.82 Å². The third-order valence-electron chi connectivity index (χ3n) is 3.12. The summed E-state index contributed by atoms with van der Waals surface area (Å²) >= 11 is 0. The normalized spacial score (nSPS) is 12.8. The molecule has 0 bridgehead atoms. The van der Waals surface area contributed by atoms with Gasteiger partial charge in [-0.2, -0.15) is 0 Å². The van der Waals surface area contributed by atoms with Gasteiger partial charge >= 0.3 is 0 Å². The van der Waals surface area contributed by atoms with Crippen LogP contribution >= 0.6 is 0 Å². The zero-order valence-corrected chi connectivity index (χ0v) is 12.7. The first-order valence-electron chi connectivity index (χ1n) is 7.18. The average Bonchev–Trinajstić information content (AvgIpc) is 2.36. The second kappa shape index (κ2) is 8.00. The summed E-state index contributed by atoms with van der Waals surface area (Å²) in [4.78, 5) is 12.0. The number of rotatable bonds is 7. The van der Waals surface area contributed by atoms with Crippen molar-refractivity contribution in [1.29, 1.82) is 0 Å². The predicted molar refractivity (Wildman–Crippen MR) is 79.9 cm³/mol. The first-order valence-corrected chi connectivity index (χ1v) is 7.18. The second-order valence-corrected chi connectivity index (χ2v) is 5.70. The fourth-order valence-electron chi connectivity index (χ4n) is 2.03. The lowest BCUT2D eigenvalue weighted by atomic mass is 9.96. The number of carbonyl (C=O) groups is 1. The van der Waals surface area contributed by atoms with E-state index in [9.17, 15) is 9.18 Å². The van der Waals surface area contributed by atoms with Crippen molar-refractivity contribution in [2.45, 2.75) is 46.2 Å². The minimum Gasteiger partial charge on any atom is -0.349 e. The van der Waals surface area contributed by atoms with Crippen LogP contribution in [-0.2, 0) is 4.79 Å². The van der Waals surface area contributed by atoms with Crippen molar-refractivity contribution in [3.05, 3.63) is 35.6 Å². The molecule has 0 aromatic heterocycles. The predicted octanol–water partition coefficient (Wildman–Crippen LogP) is 3.03. The van der Waals surface area contributed by atoms with E-state index < -0.39 is 0 Å². The maximum absolute atomic E-state index is 13.0. The van der Waals surface area contributed by atoms with Crippen molar-refractivity contribution in [2.24, 2.45) is 5.92 Å². The van der Waals surface area contributed by atoms with Crippen molar-refractivity contribution >= 4 is 5.91 Å². The van der Waals surface area contributed by atoms with Crippen LogP contribution in [0.15, 0.2) is 24.3 Å². The van der Waals surface area contributed by atoms with Crippen molar-refractivity contribution in [3.63, 3.8) is 0 Å². The van der Waals surface area contributed by atoms with Crippen LogP contribution in [0.4, 0.5) is 4.39 Å². The molecule has 0 aliphatic rings. The molecule has 3 nitrogen and oxygen atoms in total. The molecule has 1 unspecified atom stereocenters. The molecule has 2 N–H and O–H groups in total. The van der Waals surface area contributed by atoms with Crippen LogP contribution in [0, 0.1) is 11.7 Å². The number of benzene rings is 1. The molecule has 0 saturated carbocycles. The lowest BCUT2D eigenvalue weighted by molar-refractivity contribution is -0.122. The fraction of sp³-hybridized carbons (Fsp3) is 0.562. The van der Waals surface area contributed by atoms with Gasteiger partial charge in [-0.3, -0.25) is 4.79 Å². The topological polar surface area (TPSA) is 41.1 Å². The molecule has 0 heterocycles. The van der Waals surface area contributed by atoms with E-state index >= 15 is 0 Å². The molecule has 4 heteroatoms. The molecule has 1 aromatic rings. The lowest BCUT2D eigenvalue weighted by Gasteiger charge is -2.23. The first kappa shape index (κ1) is 16.6. The zero-order chi connectivity index (χ0) is 15.1. The van der Waals surface area contributed by atoms with Gasteiger partial charge in [-0.25, -0.2) is 4.39 Å². The van der Waals surface area contributed by atoms with Gasteiger partial charge in [0, 0.05) is 19.0 Å². The molecular formula is C16H25FN2O. The third kappa shape index (κ3) is 5.70. The standard InChI is InChI=1S/C16H25FN2O/c1-11(2)16(13-5-7-14(17)8-6-13)19-15(20)9-10-18-12(3)4/h5-8,11-12,16,18H,9-10H2,1-4H3,(H,19,20). The van der Waals surface area contributed by atoms with Crippen LogP contribution in [0.3, 0.4) is 0 Å². The van der Waals surface area contributed by atoms with Crippen molar-refractivity contribution < 1.29 is 9.18 Å². The van der Waals surface area contributed by atoms with E-state index in [0.29, 0.717) is 19.0 Å². The maximum atomic E-state index is 13.0. The lowest BCUT2D eigenvalue weighted by Crippen LogP contribution is -2.34. The molecule has 0 fully saturated rings. The van der Waals surface area contributed by atoms with Gasteiger partial charge in [-0.1, -0.05) is 39.8 Å². The summed E-state index contributed by atoms with van der Waals surface area (Å²) in [7, 11) is 0. The minimum absolute atomic E-state index is 0.0150. The molecule has 112 valence electrons. The van der Waals surface area contributed by atoms with Gasteiger partial charge in [0.05, 0.1) is 6.04 Å². The van der Waals surface area contributed by atoms with Crippen LogP contribution in [0.1, 0.15) is 45.7 Å². The Hall–Kier alpha value is -1.42. The van der Waals surface area contributed by atoms with Gasteiger partial charge in [0.25, 0.3) is 0 Å². The summed E-state index contributed by atoms with van der Waals surface area (Å²) in [5.41, 5.74) is 0.937. The van der Waals surface area contributed by atoms with E-state index in [-0.39, 0.29) is 23.7 Å². The van der Waals surface area contributed by atoms with Gasteiger partial charge in [0.15, 0.2) is 0 Å². The van der Waals surface area contributed by atoms with Crippen LogP contribution in [0.5, 0.6) is 0 Å². The largest absolute Gasteiger partial charge is 0.349 e. The van der Waals surface area contributed by atoms with Gasteiger partial charge < -0.3 is 10.6 Å². The number of hydrogen-bond acceptors (Lipinski definition) is 2. The SMILES string of the molecule is CC(C)NCCC(=O)NC(c1ccc(F)cc1)C(C)C. The molecule has 1 amide bonds. The second-order valence-electron chi connectivity index (χ2n) is 5.70. The van der Waals surface area contributed by atoms with E-state index in [1.165, 1.54) is 12.1 Å². The highest BCUT2D eigenvalue weighted by Crippen LogP contribution is 2.21. The van der Waals surface area contributed by atoms with Crippen LogP contribution < -0.4 is 10.6 Å². The van der Waals surface area contributed by atoms with Crippen molar-refractivity contribution in [1.82, 2.24) is 10.6 Å². The molecule has 0 spiro atoms. The highest BCUT2D eigenvalue weighted by Gasteiger charge is 2.18. The zero-order valence-electron chi connectivity index (χ0n) is 12.7. The summed E-state index contributed by atoms with van der Waals surface area (Å²) in [6.07, 6.45) is 0.447. The third-order valence-corrected chi connectivity index (χ3v) is 3.12. The molecule has 1 rings (SSSR count). The van der Waals surface area contributed by atoms with Crippen molar-refractivity contribution in [3.8, 4) is 0 Å². The monoisotopic (exact) mass is 280 g/mol. The van der Waals surface area contributed by atoms with E-state index in [0.717, 1.165) is 5.56 Å². The minimum atomic E-state index is -0.260. The Bertz CT molecular complexity index is 415. The fourth-order valence-corrected chi connectivity index (χ4v) is 2.03.